The van der Waals surface area contributed by atoms with E-state index in [1.807, 2.05) is 0 Å². The molecule has 0 saturated carbocycles. The average molecular weight is 183 g/mol. The standard InChI is InChI=1S/C9H13NO3/c11-9(12)8-7-4(3-10-8)5-1-2-6(7)13-5/h4-8,10H,1-3H2,(H,11,12)/t4-,5-,6+,7-,8+/m1/s1. The molecule has 0 unspecified atom stereocenters. The van der Waals surface area contributed by atoms with E-state index < -0.39 is 5.97 Å². The van der Waals surface area contributed by atoms with Crippen molar-refractivity contribution in [2.75, 3.05) is 6.54 Å². The minimum absolute atomic E-state index is 0.214. The second kappa shape index (κ2) is 2.45. The van der Waals surface area contributed by atoms with Crippen LogP contribution in [-0.2, 0) is 9.53 Å². The predicted octanol–water partition coefficient (Wildman–Crippen LogP) is -0.164. The Labute approximate surface area is 76.3 Å². The van der Waals surface area contributed by atoms with Gasteiger partial charge in [-0.2, -0.15) is 0 Å². The van der Waals surface area contributed by atoms with Crippen LogP contribution in [0.1, 0.15) is 12.8 Å². The highest BCUT2D eigenvalue weighted by Gasteiger charge is 2.56. The van der Waals surface area contributed by atoms with Crippen LogP contribution in [0.5, 0.6) is 0 Å². The van der Waals surface area contributed by atoms with Crippen LogP contribution in [0.25, 0.3) is 0 Å². The summed E-state index contributed by atoms with van der Waals surface area (Å²) in [5, 5.41) is 12.0. The Bertz CT molecular complexity index is 255. The van der Waals surface area contributed by atoms with Crippen molar-refractivity contribution in [3.63, 3.8) is 0 Å². The zero-order valence-corrected chi connectivity index (χ0v) is 7.27. The lowest BCUT2D eigenvalue weighted by Gasteiger charge is -2.22. The van der Waals surface area contributed by atoms with Crippen molar-refractivity contribution in [2.24, 2.45) is 11.8 Å². The van der Waals surface area contributed by atoms with Gasteiger partial charge in [-0.25, -0.2) is 0 Å². The van der Waals surface area contributed by atoms with Gasteiger partial charge in [0, 0.05) is 18.4 Å². The largest absolute Gasteiger partial charge is 0.480 e. The summed E-state index contributed by atoms with van der Waals surface area (Å²) in [6.45, 7) is 0.822. The van der Waals surface area contributed by atoms with Gasteiger partial charge in [-0.15, -0.1) is 0 Å². The maximum absolute atomic E-state index is 10.9. The number of carboxylic acid groups (broad SMARTS) is 1. The first-order valence-corrected chi connectivity index (χ1v) is 4.89. The fourth-order valence-corrected chi connectivity index (χ4v) is 3.19. The Morgan fingerprint density at radius 3 is 2.92 bits per heavy atom. The summed E-state index contributed by atoms with van der Waals surface area (Å²) in [5.41, 5.74) is 0. The minimum atomic E-state index is -0.719. The van der Waals surface area contributed by atoms with Crippen molar-refractivity contribution in [2.45, 2.75) is 31.1 Å². The molecule has 0 aromatic heterocycles. The highest BCUT2D eigenvalue weighted by molar-refractivity contribution is 5.74. The molecule has 0 aromatic rings. The number of ether oxygens (including phenoxy) is 1. The molecule has 2 N–H and O–H groups in total. The monoisotopic (exact) mass is 183 g/mol. The molecule has 0 spiro atoms. The highest BCUT2D eigenvalue weighted by atomic mass is 16.5. The van der Waals surface area contributed by atoms with E-state index >= 15 is 0 Å². The highest BCUT2D eigenvalue weighted by Crippen LogP contribution is 2.47. The molecule has 3 heterocycles. The summed E-state index contributed by atoms with van der Waals surface area (Å²) >= 11 is 0. The first-order chi connectivity index (χ1) is 6.27. The molecule has 0 amide bonds. The van der Waals surface area contributed by atoms with Crippen LogP contribution in [0.3, 0.4) is 0 Å². The van der Waals surface area contributed by atoms with Gasteiger partial charge in [0.15, 0.2) is 0 Å². The fraction of sp³-hybridized carbons (Fsp3) is 0.889. The number of carbonyl (C=O) groups is 1. The normalized spacial score (nSPS) is 52.5. The molecule has 4 nitrogen and oxygen atoms in total. The van der Waals surface area contributed by atoms with Crippen LogP contribution in [0.15, 0.2) is 0 Å². The third-order valence-electron chi connectivity index (χ3n) is 3.71. The average Bonchev–Trinajstić information content (AvgIpc) is 2.76. The van der Waals surface area contributed by atoms with Crippen LogP contribution >= 0.6 is 0 Å². The maximum Gasteiger partial charge on any atom is 0.321 e. The van der Waals surface area contributed by atoms with Gasteiger partial charge >= 0.3 is 5.97 Å². The fourth-order valence-electron chi connectivity index (χ4n) is 3.19. The molecule has 3 saturated heterocycles. The van der Waals surface area contributed by atoms with Crippen LogP contribution in [0, 0.1) is 11.8 Å². The number of hydrogen-bond donors (Lipinski definition) is 2. The van der Waals surface area contributed by atoms with Gasteiger partial charge in [-0.3, -0.25) is 4.79 Å². The molecular weight excluding hydrogens is 170 g/mol. The van der Waals surface area contributed by atoms with Gasteiger partial charge in [0.2, 0.25) is 0 Å². The van der Waals surface area contributed by atoms with E-state index in [1.165, 1.54) is 0 Å². The molecule has 0 radical (unpaired) electrons. The van der Waals surface area contributed by atoms with Crippen molar-refractivity contribution in [3.05, 3.63) is 0 Å². The van der Waals surface area contributed by atoms with Crippen molar-refractivity contribution in [3.8, 4) is 0 Å². The zero-order chi connectivity index (χ0) is 9.00. The molecule has 3 rings (SSSR count). The molecule has 4 heteroatoms. The summed E-state index contributed by atoms with van der Waals surface area (Å²) in [5.74, 6) is -0.0280. The topological polar surface area (TPSA) is 58.6 Å². The third-order valence-corrected chi connectivity index (χ3v) is 3.71. The van der Waals surface area contributed by atoms with Crippen molar-refractivity contribution < 1.29 is 14.6 Å². The number of rotatable bonds is 1. The van der Waals surface area contributed by atoms with Crippen LogP contribution in [0.4, 0.5) is 0 Å². The molecule has 13 heavy (non-hydrogen) atoms. The quantitative estimate of drug-likeness (QED) is 0.593. The molecule has 3 fully saturated rings. The second-order valence-corrected chi connectivity index (χ2v) is 4.26. The van der Waals surface area contributed by atoms with Crippen molar-refractivity contribution in [1.82, 2.24) is 5.32 Å². The van der Waals surface area contributed by atoms with Crippen molar-refractivity contribution >= 4 is 5.97 Å². The molecule has 5 atom stereocenters. The van der Waals surface area contributed by atoms with Gasteiger partial charge in [0.25, 0.3) is 0 Å². The smallest absolute Gasteiger partial charge is 0.321 e. The summed E-state index contributed by atoms with van der Waals surface area (Å²) in [7, 11) is 0. The Balaban J connectivity index is 1.87. The van der Waals surface area contributed by atoms with Gasteiger partial charge in [-0.05, 0) is 12.8 Å². The van der Waals surface area contributed by atoms with E-state index in [0.717, 1.165) is 19.4 Å². The van der Waals surface area contributed by atoms with Crippen LogP contribution in [-0.4, -0.2) is 35.9 Å². The van der Waals surface area contributed by atoms with Gasteiger partial charge in [0.1, 0.15) is 6.04 Å². The van der Waals surface area contributed by atoms with E-state index in [4.69, 9.17) is 9.84 Å². The Hall–Kier alpha value is -0.610. The van der Waals surface area contributed by atoms with Gasteiger partial charge in [0.05, 0.1) is 12.2 Å². The Morgan fingerprint density at radius 2 is 2.15 bits per heavy atom. The molecule has 0 aliphatic carbocycles. The first-order valence-electron chi connectivity index (χ1n) is 4.89. The molecule has 3 aliphatic heterocycles. The van der Waals surface area contributed by atoms with Gasteiger partial charge < -0.3 is 15.2 Å². The summed E-state index contributed by atoms with van der Waals surface area (Å²) in [4.78, 5) is 10.9. The second-order valence-electron chi connectivity index (χ2n) is 4.26. The third kappa shape index (κ3) is 0.901. The Kier molecular flexibility index (Phi) is 1.46. The molecule has 0 aromatic carbocycles. The predicted molar refractivity (Wildman–Crippen MR) is 44.3 cm³/mol. The summed E-state index contributed by atoms with van der Waals surface area (Å²) in [6, 6.07) is -0.361. The SMILES string of the molecule is O=C(O)[C@H]1NC[C@H]2[C@@H]1[C@@H]1CC[C@H]2O1. The lowest BCUT2D eigenvalue weighted by atomic mass is 9.78. The van der Waals surface area contributed by atoms with E-state index in [-0.39, 0.29) is 18.1 Å². The lowest BCUT2D eigenvalue weighted by Crippen LogP contribution is -2.40. The summed E-state index contributed by atoms with van der Waals surface area (Å²) in [6.07, 6.45) is 2.73. The molecular formula is C9H13NO3. The number of fused-ring (bicyclic) bond motifs is 5. The van der Waals surface area contributed by atoms with Gasteiger partial charge in [-0.1, -0.05) is 0 Å². The first kappa shape index (κ1) is 7.76. The number of carboxylic acids is 1. The van der Waals surface area contributed by atoms with E-state index in [9.17, 15) is 4.79 Å². The van der Waals surface area contributed by atoms with Crippen LogP contribution in [0.2, 0.25) is 0 Å². The molecule has 2 bridgehead atoms. The number of nitrogens with one attached hydrogen (secondary N) is 1. The van der Waals surface area contributed by atoms with E-state index in [2.05, 4.69) is 5.32 Å². The molecule has 3 aliphatic rings. The lowest BCUT2D eigenvalue weighted by molar-refractivity contribution is -0.140. The van der Waals surface area contributed by atoms with Crippen LogP contribution < -0.4 is 5.32 Å². The van der Waals surface area contributed by atoms with Crippen molar-refractivity contribution in [1.29, 1.82) is 0 Å². The minimum Gasteiger partial charge on any atom is -0.480 e. The molecule has 72 valence electrons. The number of hydrogen-bond acceptors (Lipinski definition) is 3. The van der Waals surface area contributed by atoms with E-state index in [0.29, 0.717) is 12.0 Å². The number of aliphatic carboxylic acids is 1. The Morgan fingerprint density at radius 1 is 1.38 bits per heavy atom. The van der Waals surface area contributed by atoms with E-state index in [1.54, 1.807) is 0 Å². The summed E-state index contributed by atoms with van der Waals surface area (Å²) < 4.78 is 5.72. The maximum atomic E-state index is 10.9. The zero-order valence-electron chi connectivity index (χ0n) is 7.27.